The first-order valence-corrected chi connectivity index (χ1v) is 5.42. The Hall–Kier alpha value is -1.68. The van der Waals surface area contributed by atoms with Crippen LogP contribution in [0.4, 0.5) is 0 Å². The predicted molar refractivity (Wildman–Crippen MR) is 62.8 cm³/mol. The van der Waals surface area contributed by atoms with Crippen molar-refractivity contribution in [3.63, 3.8) is 0 Å². The Bertz CT molecular complexity index is 435. The molecule has 0 spiro atoms. The third kappa shape index (κ3) is 2.67. The Morgan fingerprint density at radius 1 is 1.31 bits per heavy atom. The lowest BCUT2D eigenvalue weighted by atomic mass is 10.1. The first-order chi connectivity index (χ1) is 7.75. The second kappa shape index (κ2) is 4.90. The Morgan fingerprint density at radius 3 is 2.69 bits per heavy atom. The van der Waals surface area contributed by atoms with Crippen LogP contribution >= 0.6 is 0 Å². The highest BCUT2D eigenvalue weighted by Crippen LogP contribution is 2.11. The Balaban J connectivity index is 1.91. The van der Waals surface area contributed by atoms with Gasteiger partial charge in [0.05, 0.1) is 6.54 Å². The summed E-state index contributed by atoms with van der Waals surface area (Å²) in [7, 11) is 0. The van der Waals surface area contributed by atoms with Crippen molar-refractivity contribution in [2.75, 3.05) is 0 Å². The Morgan fingerprint density at radius 2 is 2.06 bits per heavy atom. The summed E-state index contributed by atoms with van der Waals surface area (Å²) in [5.41, 5.74) is 1.27. The molecule has 84 valence electrons. The van der Waals surface area contributed by atoms with E-state index in [-0.39, 0.29) is 0 Å². The topological polar surface area (TPSA) is 53.6 Å². The number of aromatic nitrogens is 3. The van der Waals surface area contributed by atoms with E-state index < -0.39 is 0 Å². The van der Waals surface area contributed by atoms with Gasteiger partial charge in [0.15, 0.2) is 5.82 Å². The first-order valence-electron chi connectivity index (χ1n) is 5.42. The molecule has 0 aliphatic rings. The third-order valence-corrected chi connectivity index (χ3v) is 2.51. The van der Waals surface area contributed by atoms with Gasteiger partial charge in [-0.3, -0.25) is 5.10 Å². The molecule has 0 radical (unpaired) electrons. The molecule has 0 aliphatic heterocycles. The molecule has 1 aromatic carbocycles. The van der Waals surface area contributed by atoms with E-state index in [1.807, 2.05) is 25.1 Å². The Kier molecular flexibility index (Phi) is 3.31. The molecule has 0 saturated carbocycles. The molecule has 4 heteroatoms. The van der Waals surface area contributed by atoms with E-state index in [4.69, 9.17) is 0 Å². The number of hydrogen-bond donors (Lipinski definition) is 2. The number of aryl methyl sites for hydroxylation is 1. The van der Waals surface area contributed by atoms with Crippen molar-refractivity contribution >= 4 is 0 Å². The lowest BCUT2D eigenvalue weighted by molar-refractivity contribution is 0.560. The highest BCUT2D eigenvalue weighted by atomic mass is 15.2. The van der Waals surface area contributed by atoms with Crippen molar-refractivity contribution in [3.05, 3.63) is 47.5 Å². The zero-order chi connectivity index (χ0) is 11.4. The van der Waals surface area contributed by atoms with E-state index in [1.165, 1.54) is 5.56 Å². The summed E-state index contributed by atoms with van der Waals surface area (Å²) in [5.74, 6) is 1.66. The monoisotopic (exact) mass is 216 g/mol. The number of nitrogens with zero attached hydrogens (tertiary/aromatic N) is 2. The van der Waals surface area contributed by atoms with Crippen molar-refractivity contribution in [2.45, 2.75) is 26.4 Å². The fraction of sp³-hybridized carbons (Fsp3) is 0.333. The van der Waals surface area contributed by atoms with Crippen LogP contribution in [-0.2, 0) is 6.54 Å². The fourth-order valence-corrected chi connectivity index (χ4v) is 1.57. The van der Waals surface area contributed by atoms with Gasteiger partial charge in [-0.15, -0.1) is 0 Å². The van der Waals surface area contributed by atoms with Crippen LogP contribution in [0.25, 0.3) is 0 Å². The van der Waals surface area contributed by atoms with Crippen molar-refractivity contribution in [3.8, 4) is 0 Å². The lowest BCUT2D eigenvalue weighted by Gasteiger charge is -2.12. The number of nitrogens with one attached hydrogen (secondary N) is 2. The molecule has 2 N–H and O–H groups in total. The SMILES string of the molecule is Cc1nc(CNC(C)c2ccccc2)n[nH]1. The number of hydrogen-bond acceptors (Lipinski definition) is 3. The quantitative estimate of drug-likeness (QED) is 0.821. The molecule has 1 aromatic heterocycles. The fourth-order valence-electron chi connectivity index (χ4n) is 1.57. The van der Waals surface area contributed by atoms with Crippen LogP contribution in [-0.4, -0.2) is 15.2 Å². The van der Waals surface area contributed by atoms with Crippen LogP contribution in [0.3, 0.4) is 0 Å². The van der Waals surface area contributed by atoms with Crippen LogP contribution < -0.4 is 5.32 Å². The second-order valence-corrected chi connectivity index (χ2v) is 3.85. The summed E-state index contributed by atoms with van der Waals surface area (Å²) in [6.07, 6.45) is 0. The first kappa shape index (κ1) is 10.8. The van der Waals surface area contributed by atoms with Crippen LogP contribution in [0, 0.1) is 6.92 Å². The zero-order valence-electron chi connectivity index (χ0n) is 9.57. The standard InChI is InChI=1S/C12H16N4/c1-9(11-6-4-3-5-7-11)13-8-12-14-10(2)15-16-12/h3-7,9,13H,8H2,1-2H3,(H,14,15,16). The molecule has 4 nitrogen and oxygen atoms in total. The van der Waals surface area contributed by atoms with Gasteiger partial charge in [-0.2, -0.15) is 5.10 Å². The van der Waals surface area contributed by atoms with E-state index in [9.17, 15) is 0 Å². The molecular formula is C12H16N4. The van der Waals surface area contributed by atoms with Gasteiger partial charge in [-0.1, -0.05) is 30.3 Å². The minimum atomic E-state index is 0.306. The molecule has 1 atom stereocenters. The molecule has 0 aliphatic carbocycles. The van der Waals surface area contributed by atoms with E-state index in [1.54, 1.807) is 0 Å². The maximum Gasteiger partial charge on any atom is 0.164 e. The van der Waals surface area contributed by atoms with Gasteiger partial charge >= 0.3 is 0 Å². The molecule has 1 unspecified atom stereocenters. The highest BCUT2D eigenvalue weighted by molar-refractivity contribution is 5.18. The van der Waals surface area contributed by atoms with Crippen molar-refractivity contribution in [2.24, 2.45) is 0 Å². The van der Waals surface area contributed by atoms with E-state index in [0.717, 1.165) is 11.6 Å². The molecule has 0 bridgehead atoms. The molecule has 0 amide bonds. The molecule has 0 saturated heterocycles. The van der Waals surface area contributed by atoms with Gasteiger partial charge in [0.25, 0.3) is 0 Å². The Labute approximate surface area is 95.1 Å². The van der Waals surface area contributed by atoms with E-state index >= 15 is 0 Å². The largest absolute Gasteiger partial charge is 0.303 e. The summed E-state index contributed by atoms with van der Waals surface area (Å²) in [6.45, 7) is 4.71. The molecule has 1 heterocycles. The average Bonchev–Trinajstić information content (AvgIpc) is 2.73. The van der Waals surface area contributed by atoms with Crippen molar-refractivity contribution < 1.29 is 0 Å². The molecule has 16 heavy (non-hydrogen) atoms. The maximum atomic E-state index is 4.25. The zero-order valence-corrected chi connectivity index (χ0v) is 9.57. The molecule has 2 rings (SSSR count). The van der Waals surface area contributed by atoms with Gasteiger partial charge in [-0.25, -0.2) is 4.98 Å². The van der Waals surface area contributed by atoms with Crippen LogP contribution in [0.5, 0.6) is 0 Å². The summed E-state index contributed by atoms with van der Waals surface area (Å²) in [4.78, 5) is 4.25. The van der Waals surface area contributed by atoms with Crippen LogP contribution in [0.1, 0.15) is 30.2 Å². The van der Waals surface area contributed by atoms with E-state index in [0.29, 0.717) is 12.6 Å². The van der Waals surface area contributed by atoms with E-state index in [2.05, 4.69) is 39.6 Å². The van der Waals surface area contributed by atoms with Crippen LogP contribution in [0.2, 0.25) is 0 Å². The lowest BCUT2D eigenvalue weighted by Crippen LogP contribution is -2.18. The smallest absolute Gasteiger partial charge is 0.164 e. The molecule has 2 aromatic rings. The molecular weight excluding hydrogens is 200 g/mol. The van der Waals surface area contributed by atoms with Crippen LogP contribution in [0.15, 0.2) is 30.3 Å². The van der Waals surface area contributed by atoms with Crippen molar-refractivity contribution in [1.29, 1.82) is 0 Å². The van der Waals surface area contributed by atoms with Gasteiger partial charge in [-0.05, 0) is 19.4 Å². The summed E-state index contributed by atoms with van der Waals surface area (Å²) >= 11 is 0. The minimum Gasteiger partial charge on any atom is -0.303 e. The summed E-state index contributed by atoms with van der Waals surface area (Å²) in [6, 6.07) is 10.6. The number of rotatable bonds is 4. The predicted octanol–water partition coefficient (Wildman–Crippen LogP) is 1.96. The van der Waals surface area contributed by atoms with Gasteiger partial charge < -0.3 is 5.32 Å². The average molecular weight is 216 g/mol. The second-order valence-electron chi connectivity index (χ2n) is 3.85. The number of benzene rings is 1. The number of aromatic amines is 1. The highest BCUT2D eigenvalue weighted by Gasteiger charge is 2.05. The molecule has 0 fully saturated rings. The van der Waals surface area contributed by atoms with Gasteiger partial charge in [0, 0.05) is 6.04 Å². The number of H-pyrrole nitrogens is 1. The summed E-state index contributed by atoms with van der Waals surface area (Å²) < 4.78 is 0. The normalized spacial score (nSPS) is 12.6. The minimum absolute atomic E-state index is 0.306. The maximum absolute atomic E-state index is 4.25. The van der Waals surface area contributed by atoms with Gasteiger partial charge in [0.1, 0.15) is 5.82 Å². The third-order valence-electron chi connectivity index (χ3n) is 2.51. The van der Waals surface area contributed by atoms with Crippen molar-refractivity contribution in [1.82, 2.24) is 20.5 Å². The summed E-state index contributed by atoms with van der Waals surface area (Å²) in [5, 5.41) is 10.3. The van der Waals surface area contributed by atoms with Gasteiger partial charge in [0.2, 0.25) is 0 Å².